The Bertz CT molecular complexity index is 1170. The van der Waals surface area contributed by atoms with E-state index in [4.69, 9.17) is 14.2 Å². The number of fused-ring (bicyclic) bond motifs is 1. The number of methoxy groups -OCH3 is 1. The zero-order valence-corrected chi connectivity index (χ0v) is 19.6. The molecule has 0 radical (unpaired) electrons. The van der Waals surface area contributed by atoms with Crippen LogP contribution in [0.25, 0.3) is 21.5 Å². The van der Waals surface area contributed by atoms with E-state index in [2.05, 4.69) is 9.97 Å². The minimum Gasteiger partial charge on any atom is -0.497 e. The lowest BCUT2D eigenvalue weighted by Crippen LogP contribution is -2.43. The lowest BCUT2D eigenvalue weighted by atomic mass is 10.1. The van der Waals surface area contributed by atoms with Gasteiger partial charge < -0.3 is 19.3 Å². The average Bonchev–Trinajstić information content (AvgIpc) is 3.42. The number of thiazole rings is 1. The number of aliphatic carboxylic acids is 1. The van der Waals surface area contributed by atoms with Crippen molar-refractivity contribution in [2.45, 2.75) is 44.9 Å². The molecule has 0 spiro atoms. The highest BCUT2D eigenvalue weighted by molar-refractivity contribution is 7.13. The molecule has 10 heteroatoms. The molecule has 1 aromatic carbocycles. The molecule has 1 aliphatic rings. The molecule has 0 aliphatic carbocycles. The van der Waals surface area contributed by atoms with Gasteiger partial charge in [-0.1, -0.05) is 0 Å². The second-order valence-corrected chi connectivity index (χ2v) is 9.59. The van der Waals surface area contributed by atoms with Gasteiger partial charge in [-0.15, -0.1) is 11.3 Å². The van der Waals surface area contributed by atoms with Gasteiger partial charge in [0.2, 0.25) is 5.88 Å². The second kappa shape index (κ2) is 8.86. The number of hydrogen-bond donors (Lipinski definition) is 1. The zero-order valence-electron chi connectivity index (χ0n) is 18.8. The summed E-state index contributed by atoms with van der Waals surface area (Å²) in [5, 5.41) is 13.9. The molecule has 1 saturated heterocycles. The highest BCUT2D eigenvalue weighted by atomic mass is 32.1. The van der Waals surface area contributed by atoms with Crippen molar-refractivity contribution >= 4 is 34.2 Å². The first-order valence-electron chi connectivity index (χ1n) is 10.4. The molecule has 2 aromatic heterocycles. The SMILES string of the molecule is COc1ccc2c(O[C@@H]3C[C@@H](C(=O)O)N(C(=O)OC(C)(C)C)C3)nc(-c3nccs3)cc2c1. The highest BCUT2D eigenvalue weighted by Crippen LogP contribution is 2.34. The maximum atomic E-state index is 12.6. The van der Waals surface area contributed by atoms with Crippen molar-refractivity contribution in [3.8, 4) is 22.3 Å². The molecule has 0 saturated carbocycles. The van der Waals surface area contributed by atoms with Crippen molar-refractivity contribution < 1.29 is 28.9 Å². The third kappa shape index (κ3) is 5.00. The second-order valence-electron chi connectivity index (χ2n) is 8.70. The Labute approximate surface area is 194 Å². The summed E-state index contributed by atoms with van der Waals surface area (Å²) in [5.41, 5.74) is -0.102. The quantitative estimate of drug-likeness (QED) is 0.589. The van der Waals surface area contributed by atoms with Gasteiger partial charge in [0, 0.05) is 23.4 Å². The van der Waals surface area contributed by atoms with Crippen molar-refractivity contribution in [3.05, 3.63) is 35.8 Å². The lowest BCUT2D eigenvalue weighted by Gasteiger charge is -2.26. The molecule has 1 N–H and O–H groups in total. The lowest BCUT2D eigenvalue weighted by molar-refractivity contribution is -0.142. The number of hydrogen-bond acceptors (Lipinski definition) is 8. The first-order valence-corrected chi connectivity index (χ1v) is 11.3. The summed E-state index contributed by atoms with van der Waals surface area (Å²) in [6.45, 7) is 5.28. The summed E-state index contributed by atoms with van der Waals surface area (Å²) in [5.74, 6) is -0.0702. The van der Waals surface area contributed by atoms with Crippen LogP contribution in [0, 0.1) is 0 Å². The number of carboxylic acid groups (broad SMARTS) is 1. The van der Waals surface area contributed by atoms with Gasteiger partial charge in [-0.2, -0.15) is 0 Å². The van der Waals surface area contributed by atoms with Crippen LogP contribution in [0.4, 0.5) is 4.79 Å². The molecule has 174 valence electrons. The van der Waals surface area contributed by atoms with Crippen molar-refractivity contribution in [2.24, 2.45) is 0 Å². The molecular weight excluding hydrogens is 446 g/mol. The number of ether oxygens (including phenoxy) is 3. The van der Waals surface area contributed by atoms with Crippen LogP contribution in [0.15, 0.2) is 35.8 Å². The predicted octanol–water partition coefficient (Wildman–Crippen LogP) is 4.21. The number of aromatic nitrogens is 2. The number of amides is 1. The Hall–Kier alpha value is -3.40. The number of likely N-dealkylation sites (tertiary alicyclic amines) is 1. The standard InChI is InChI=1S/C23H25N3O6S/c1-23(2,3)32-22(29)26-12-15(11-18(26)21(27)28)31-19-16-6-5-14(30-4)9-13(16)10-17(25-19)20-24-7-8-33-20/h5-10,15,18H,11-12H2,1-4H3,(H,27,28)/t15-,18+/m1/s1. The fraction of sp³-hybridized carbons (Fsp3) is 0.391. The van der Waals surface area contributed by atoms with Gasteiger partial charge in [-0.25, -0.2) is 19.6 Å². The number of carboxylic acids is 1. The van der Waals surface area contributed by atoms with E-state index in [-0.39, 0.29) is 13.0 Å². The summed E-state index contributed by atoms with van der Waals surface area (Å²) >= 11 is 1.45. The molecule has 33 heavy (non-hydrogen) atoms. The van der Waals surface area contributed by atoms with Crippen LogP contribution in [-0.2, 0) is 9.53 Å². The van der Waals surface area contributed by atoms with Crippen LogP contribution in [0.3, 0.4) is 0 Å². The topological polar surface area (TPSA) is 111 Å². The van der Waals surface area contributed by atoms with Crippen LogP contribution in [0.5, 0.6) is 11.6 Å². The third-order valence-electron chi connectivity index (χ3n) is 5.11. The fourth-order valence-electron chi connectivity index (χ4n) is 3.68. The highest BCUT2D eigenvalue weighted by Gasteiger charge is 2.43. The van der Waals surface area contributed by atoms with E-state index in [1.165, 1.54) is 16.2 Å². The third-order valence-corrected chi connectivity index (χ3v) is 5.90. The molecule has 0 bridgehead atoms. The predicted molar refractivity (Wildman–Crippen MR) is 123 cm³/mol. The van der Waals surface area contributed by atoms with Gasteiger partial charge in [0.15, 0.2) is 0 Å². The van der Waals surface area contributed by atoms with Crippen molar-refractivity contribution in [2.75, 3.05) is 13.7 Å². The maximum absolute atomic E-state index is 12.6. The Morgan fingerprint density at radius 2 is 2.03 bits per heavy atom. The van der Waals surface area contributed by atoms with Crippen molar-refractivity contribution in [1.82, 2.24) is 14.9 Å². The van der Waals surface area contributed by atoms with Crippen LogP contribution in [-0.4, -0.2) is 63.4 Å². The molecule has 0 unspecified atom stereocenters. The monoisotopic (exact) mass is 471 g/mol. The number of carbonyl (C=O) groups excluding carboxylic acids is 1. The zero-order chi connectivity index (χ0) is 23.8. The summed E-state index contributed by atoms with van der Waals surface area (Å²) in [4.78, 5) is 34.6. The summed E-state index contributed by atoms with van der Waals surface area (Å²) < 4.78 is 16.9. The molecular formula is C23H25N3O6S. The maximum Gasteiger partial charge on any atom is 0.411 e. The van der Waals surface area contributed by atoms with E-state index in [1.54, 1.807) is 34.1 Å². The minimum atomic E-state index is -1.11. The minimum absolute atomic E-state index is 0.0761. The number of benzene rings is 1. The Morgan fingerprint density at radius 3 is 2.67 bits per heavy atom. The number of carbonyl (C=O) groups is 2. The number of rotatable bonds is 5. The van der Waals surface area contributed by atoms with Gasteiger partial charge in [0.05, 0.1) is 13.7 Å². The average molecular weight is 472 g/mol. The van der Waals surface area contributed by atoms with Crippen LogP contribution in [0.2, 0.25) is 0 Å². The first-order chi connectivity index (χ1) is 15.6. The molecule has 2 atom stereocenters. The Morgan fingerprint density at radius 1 is 1.24 bits per heavy atom. The van der Waals surface area contributed by atoms with Crippen LogP contribution >= 0.6 is 11.3 Å². The van der Waals surface area contributed by atoms with Gasteiger partial charge in [-0.3, -0.25) is 4.90 Å². The summed E-state index contributed by atoms with van der Waals surface area (Å²) in [6, 6.07) is 6.39. The van der Waals surface area contributed by atoms with Gasteiger partial charge in [0.25, 0.3) is 0 Å². The molecule has 3 aromatic rings. The largest absolute Gasteiger partial charge is 0.497 e. The molecule has 3 heterocycles. The Kier molecular flexibility index (Phi) is 6.11. The smallest absolute Gasteiger partial charge is 0.411 e. The molecule has 1 aliphatic heterocycles. The number of pyridine rings is 1. The van der Waals surface area contributed by atoms with E-state index in [9.17, 15) is 14.7 Å². The number of nitrogens with zero attached hydrogens (tertiary/aromatic N) is 3. The van der Waals surface area contributed by atoms with Gasteiger partial charge >= 0.3 is 12.1 Å². The summed E-state index contributed by atoms with van der Waals surface area (Å²) in [6.07, 6.45) is 0.573. The van der Waals surface area contributed by atoms with Gasteiger partial charge in [0.1, 0.15) is 34.2 Å². The molecule has 1 fully saturated rings. The molecule has 9 nitrogen and oxygen atoms in total. The summed E-state index contributed by atoms with van der Waals surface area (Å²) in [7, 11) is 1.59. The Balaban J connectivity index is 1.66. The van der Waals surface area contributed by atoms with Crippen molar-refractivity contribution in [1.29, 1.82) is 0 Å². The van der Waals surface area contributed by atoms with E-state index in [1.807, 2.05) is 29.6 Å². The van der Waals surface area contributed by atoms with Crippen molar-refractivity contribution in [3.63, 3.8) is 0 Å². The first kappa shape index (κ1) is 22.8. The van der Waals surface area contributed by atoms with Crippen LogP contribution < -0.4 is 9.47 Å². The van der Waals surface area contributed by atoms with E-state index in [0.717, 1.165) is 15.8 Å². The van der Waals surface area contributed by atoms with E-state index < -0.39 is 29.8 Å². The molecule has 4 rings (SSSR count). The van der Waals surface area contributed by atoms with E-state index in [0.29, 0.717) is 17.3 Å². The van der Waals surface area contributed by atoms with Gasteiger partial charge in [-0.05, 0) is 50.4 Å². The fourth-order valence-corrected chi connectivity index (χ4v) is 4.28. The van der Waals surface area contributed by atoms with Crippen LogP contribution in [0.1, 0.15) is 27.2 Å². The molecule has 1 amide bonds. The van der Waals surface area contributed by atoms with E-state index >= 15 is 0 Å². The normalized spacial score (nSPS) is 18.4.